The quantitative estimate of drug-likeness (QED) is 0.131. The van der Waals surface area contributed by atoms with Crippen LogP contribution in [0.5, 0.6) is 11.5 Å². The van der Waals surface area contributed by atoms with Crippen molar-refractivity contribution < 1.29 is 57.6 Å². The molecule has 2 aromatic carbocycles. The molecule has 0 unspecified atom stereocenters. The van der Waals surface area contributed by atoms with Crippen molar-refractivity contribution in [3.63, 3.8) is 0 Å². The van der Waals surface area contributed by atoms with Crippen LogP contribution in [0.4, 0.5) is 9.59 Å². The number of carbonyl (C=O) groups is 4. The molecule has 0 aliphatic carbocycles. The molecule has 2 amide bonds. The van der Waals surface area contributed by atoms with Crippen molar-refractivity contribution in [1.82, 2.24) is 28.5 Å². The van der Waals surface area contributed by atoms with Gasteiger partial charge < -0.3 is 48.3 Å². The van der Waals surface area contributed by atoms with Crippen LogP contribution in [-0.2, 0) is 45.1 Å². The first-order valence-corrected chi connectivity index (χ1v) is 20.2. The third-order valence-electron chi connectivity index (χ3n) is 9.20. The predicted octanol–water partition coefficient (Wildman–Crippen LogP) is 3.05. The molecule has 342 valence electrons. The number of hydrogen-bond donors (Lipinski definition) is 3. The maximum absolute atomic E-state index is 13.2. The Labute approximate surface area is 364 Å². The van der Waals surface area contributed by atoms with E-state index in [4.69, 9.17) is 38.5 Å². The van der Waals surface area contributed by atoms with Gasteiger partial charge in [-0.15, -0.1) is 0 Å². The molecular weight excluding hydrogens is 823 g/mol. The molecule has 2 aromatic heterocycles. The van der Waals surface area contributed by atoms with Crippen LogP contribution in [0.3, 0.4) is 0 Å². The van der Waals surface area contributed by atoms with Gasteiger partial charge in [-0.05, 0) is 97.3 Å². The number of fused-ring (bicyclic) bond motifs is 2. The van der Waals surface area contributed by atoms with E-state index in [2.05, 4.69) is 4.98 Å². The lowest BCUT2D eigenvalue weighted by atomic mass is 9.80. The number of imidazole rings is 2. The number of rotatable bonds is 8. The van der Waals surface area contributed by atoms with E-state index in [0.717, 1.165) is 0 Å². The van der Waals surface area contributed by atoms with Gasteiger partial charge in [0, 0.05) is 26.2 Å². The third kappa shape index (κ3) is 12.8. The molecule has 6 rings (SSSR count). The number of ether oxygens (including phenoxy) is 6. The molecule has 2 aliphatic rings. The Balaban J connectivity index is 0.000000230. The van der Waals surface area contributed by atoms with Crippen molar-refractivity contribution in [2.45, 2.75) is 92.8 Å². The van der Waals surface area contributed by atoms with Crippen LogP contribution in [0.25, 0.3) is 5.69 Å². The summed E-state index contributed by atoms with van der Waals surface area (Å²) in [5, 5.41) is 17.4. The standard InChI is InChI=1S/C21H27N3O6.C14H21N3O5.C7H9BO3/c1-6-29-18(25)17-16-13-22(20(27)30-21(2,3)4)11-12-23(16)19(26)24(17)14-7-9-15(28-5)10-8-14;1-5-21-11(18)10-9-8-16(13(20)22-14(2,3)4)6-7-17(9)12(19)15-10;1-11-7-4-2-6(3-5-7)8(9)10/h7-10H,6,11-13H2,1-5H3;5-8H2,1-4H3,(H,15,19);2-5,9-10H,1H3. The minimum Gasteiger partial charge on any atom is -0.497 e. The van der Waals surface area contributed by atoms with E-state index in [0.29, 0.717) is 53.7 Å². The third-order valence-corrected chi connectivity index (χ3v) is 9.20. The van der Waals surface area contributed by atoms with Crippen LogP contribution in [0, 0.1) is 0 Å². The van der Waals surface area contributed by atoms with Crippen LogP contribution in [0.2, 0.25) is 0 Å². The molecule has 0 saturated carbocycles. The molecule has 4 aromatic rings. The Kier molecular flexibility index (Phi) is 16.4. The van der Waals surface area contributed by atoms with Crippen LogP contribution in [0.15, 0.2) is 58.1 Å². The van der Waals surface area contributed by atoms with E-state index in [1.165, 1.54) is 23.5 Å². The van der Waals surface area contributed by atoms with Crippen LogP contribution in [0.1, 0.15) is 87.8 Å². The van der Waals surface area contributed by atoms with Gasteiger partial charge in [-0.2, -0.15) is 0 Å². The lowest BCUT2D eigenvalue weighted by molar-refractivity contribution is 0.0186. The largest absolute Gasteiger partial charge is 0.497 e. The molecule has 20 nitrogen and oxygen atoms in total. The van der Waals surface area contributed by atoms with Crippen LogP contribution >= 0.6 is 0 Å². The number of carbonyl (C=O) groups excluding carboxylic acids is 4. The van der Waals surface area contributed by atoms with Gasteiger partial charge in [0.1, 0.15) is 22.7 Å². The number of methoxy groups -OCH3 is 2. The lowest BCUT2D eigenvalue weighted by Crippen LogP contribution is -2.43. The molecule has 0 atom stereocenters. The molecule has 2 aliphatic heterocycles. The lowest BCUT2D eigenvalue weighted by Gasteiger charge is -2.30. The van der Waals surface area contributed by atoms with Gasteiger partial charge in [0.15, 0.2) is 11.4 Å². The van der Waals surface area contributed by atoms with Gasteiger partial charge in [-0.1, -0.05) is 12.1 Å². The average Bonchev–Trinajstić information content (AvgIpc) is 3.72. The van der Waals surface area contributed by atoms with Gasteiger partial charge in [-0.25, -0.2) is 28.8 Å². The van der Waals surface area contributed by atoms with Gasteiger partial charge in [-0.3, -0.25) is 18.7 Å². The second-order valence-corrected chi connectivity index (χ2v) is 16.1. The van der Waals surface area contributed by atoms with Gasteiger partial charge in [0.05, 0.1) is 57.6 Å². The SMILES string of the molecule is CCOC(=O)c1[nH]c(=O)n2c1CN(C(=O)OC(C)(C)C)CC2.CCOC(=O)c1c2n(c(=O)n1-c1ccc(OC)cc1)CCN(C(=O)OC(C)(C)C)C2.COc1ccc(B(O)O)cc1. The Morgan fingerprint density at radius 3 is 1.59 bits per heavy atom. The number of H-pyrrole nitrogens is 1. The van der Waals surface area contributed by atoms with E-state index in [9.17, 15) is 28.8 Å². The molecule has 0 spiro atoms. The predicted molar refractivity (Wildman–Crippen MR) is 230 cm³/mol. The highest BCUT2D eigenvalue weighted by Crippen LogP contribution is 2.24. The van der Waals surface area contributed by atoms with Crippen LogP contribution < -0.4 is 26.3 Å². The summed E-state index contributed by atoms with van der Waals surface area (Å²) in [5.74, 6) is 0.114. The summed E-state index contributed by atoms with van der Waals surface area (Å²) in [5.41, 5.74) is 0.0698. The fraction of sp³-hybridized carbons (Fsp3) is 0.476. The summed E-state index contributed by atoms with van der Waals surface area (Å²) in [7, 11) is 1.71. The molecule has 63 heavy (non-hydrogen) atoms. The highest BCUT2D eigenvalue weighted by Gasteiger charge is 2.34. The number of hydrogen-bond acceptors (Lipinski definition) is 14. The van der Waals surface area contributed by atoms with Crippen LogP contribution in [-0.4, -0.2) is 122 Å². The fourth-order valence-electron chi connectivity index (χ4n) is 6.34. The fourth-order valence-corrected chi connectivity index (χ4v) is 6.34. The number of aromatic nitrogens is 4. The minimum atomic E-state index is -1.40. The van der Waals surface area contributed by atoms with Crippen molar-refractivity contribution in [2.24, 2.45) is 0 Å². The van der Waals surface area contributed by atoms with Gasteiger partial charge in [0.2, 0.25) is 0 Å². The Morgan fingerprint density at radius 2 is 1.13 bits per heavy atom. The van der Waals surface area contributed by atoms with Crippen molar-refractivity contribution in [2.75, 3.05) is 40.5 Å². The normalized spacial score (nSPS) is 13.1. The molecule has 0 saturated heterocycles. The topological polar surface area (TPSA) is 235 Å². The van der Waals surface area contributed by atoms with Crippen molar-refractivity contribution in [3.05, 3.63) is 92.3 Å². The van der Waals surface area contributed by atoms with Crippen molar-refractivity contribution >= 4 is 36.7 Å². The molecule has 0 radical (unpaired) electrons. The minimum absolute atomic E-state index is 0.0709. The number of benzene rings is 2. The Hall–Kier alpha value is -6.48. The number of amides is 2. The highest BCUT2D eigenvalue weighted by molar-refractivity contribution is 6.58. The molecular formula is C42H57BN6O14. The van der Waals surface area contributed by atoms with Crippen molar-refractivity contribution in [3.8, 4) is 17.2 Å². The number of nitrogens with one attached hydrogen (secondary N) is 1. The second-order valence-electron chi connectivity index (χ2n) is 16.1. The monoisotopic (exact) mass is 880 g/mol. The number of aromatic amines is 1. The first-order valence-electron chi connectivity index (χ1n) is 20.2. The zero-order valence-corrected chi connectivity index (χ0v) is 37.4. The number of esters is 2. The molecule has 3 N–H and O–H groups in total. The molecule has 21 heteroatoms. The van der Waals surface area contributed by atoms with E-state index >= 15 is 0 Å². The zero-order chi connectivity index (χ0) is 46.8. The Morgan fingerprint density at radius 1 is 0.667 bits per heavy atom. The molecule has 0 bridgehead atoms. The summed E-state index contributed by atoms with van der Waals surface area (Å²) in [4.78, 5) is 79.8. The summed E-state index contributed by atoms with van der Waals surface area (Å²) >= 11 is 0. The summed E-state index contributed by atoms with van der Waals surface area (Å²) in [6, 6.07) is 13.4. The summed E-state index contributed by atoms with van der Waals surface area (Å²) in [6.45, 7) is 15.9. The van der Waals surface area contributed by atoms with E-state index in [1.807, 2.05) is 0 Å². The molecule has 4 heterocycles. The summed E-state index contributed by atoms with van der Waals surface area (Å²) in [6.07, 6.45) is -0.963. The van der Waals surface area contributed by atoms with E-state index < -0.39 is 42.4 Å². The first-order chi connectivity index (χ1) is 29.6. The molecule has 0 fully saturated rings. The highest BCUT2D eigenvalue weighted by atomic mass is 16.6. The van der Waals surface area contributed by atoms with Gasteiger partial charge >= 0.3 is 42.6 Å². The summed E-state index contributed by atoms with van der Waals surface area (Å²) < 4.78 is 35.3. The maximum Gasteiger partial charge on any atom is 0.488 e. The van der Waals surface area contributed by atoms with E-state index in [1.54, 1.807) is 118 Å². The number of nitrogens with zero attached hydrogens (tertiary/aromatic N) is 5. The van der Waals surface area contributed by atoms with E-state index in [-0.39, 0.29) is 55.6 Å². The van der Waals surface area contributed by atoms with Gasteiger partial charge in [0.25, 0.3) is 0 Å². The smallest absolute Gasteiger partial charge is 0.488 e. The zero-order valence-electron chi connectivity index (χ0n) is 37.4. The maximum atomic E-state index is 13.2. The average molecular weight is 881 g/mol. The Bertz CT molecular complexity index is 2330. The van der Waals surface area contributed by atoms with Crippen molar-refractivity contribution in [1.29, 1.82) is 0 Å². The second kappa shape index (κ2) is 21.1. The first kappa shape index (κ1) is 49.2.